The molecule has 132 valence electrons. The van der Waals surface area contributed by atoms with Crippen LogP contribution in [0.4, 0.5) is 0 Å². The third kappa shape index (κ3) is 6.36. The summed E-state index contributed by atoms with van der Waals surface area (Å²) < 4.78 is 56.0. The molecule has 0 saturated heterocycles. The molecule has 0 atom stereocenters. The number of halogens is 1. The van der Waals surface area contributed by atoms with E-state index in [1.54, 1.807) is 6.92 Å². The second-order valence-corrected chi connectivity index (χ2v) is 9.12. The van der Waals surface area contributed by atoms with Gasteiger partial charge in [-0.1, -0.05) is 11.6 Å². The van der Waals surface area contributed by atoms with E-state index in [1.807, 2.05) is 0 Å². The number of nitrogens with zero attached hydrogens (tertiary/aromatic N) is 1. The van der Waals surface area contributed by atoms with Gasteiger partial charge < -0.3 is 4.74 Å². The molecule has 1 aromatic rings. The minimum atomic E-state index is -3.72. The van der Waals surface area contributed by atoms with E-state index in [9.17, 15) is 16.8 Å². The van der Waals surface area contributed by atoms with Crippen molar-refractivity contribution in [2.75, 3.05) is 39.6 Å². The minimum absolute atomic E-state index is 0.0218. The zero-order chi connectivity index (χ0) is 17.7. The third-order valence-electron chi connectivity index (χ3n) is 3.11. The van der Waals surface area contributed by atoms with E-state index in [0.29, 0.717) is 10.6 Å². The van der Waals surface area contributed by atoms with Gasteiger partial charge in [-0.3, -0.25) is 0 Å². The molecule has 7 nitrogen and oxygen atoms in total. The summed E-state index contributed by atoms with van der Waals surface area (Å²) in [5.41, 5.74) is 0.646. The topological polar surface area (TPSA) is 92.8 Å². The molecule has 0 radical (unpaired) electrons. The van der Waals surface area contributed by atoms with Crippen molar-refractivity contribution >= 4 is 31.6 Å². The molecule has 1 rings (SSSR count). The lowest BCUT2D eigenvalue weighted by Crippen LogP contribution is -2.39. The summed E-state index contributed by atoms with van der Waals surface area (Å²) in [7, 11) is -5.69. The summed E-state index contributed by atoms with van der Waals surface area (Å²) in [6.45, 7) is 2.08. The summed E-state index contributed by atoms with van der Waals surface area (Å²) in [4.78, 5) is 0.0854. The molecule has 0 aromatic heterocycles. The summed E-state index contributed by atoms with van der Waals surface area (Å²) in [6.07, 6.45) is 1.07. The highest BCUT2D eigenvalue weighted by molar-refractivity contribution is 7.89. The van der Waals surface area contributed by atoms with E-state index in [0.717, 1.165) is 10.6 Å². The highest BCUT2D eigenvalue weighted by Crippen LogP contribution is 2.19. The van der Waals surface area contributed by atoms with Gasteiger partial charge in [0.25, 0.3) is 0 Å². The fraction of sp³-hybridized carbons (Fsp3) is 0.538. The molecule has 0 aliphatic carbocycles. The zero-order valence-corrected chi connectivity index (χ0v) is 15.6. The molecule has 1 N–H and O–H groups in total. The molecular weight excluding hydrogens is 364 g/mol. The van der Waals surface area contributed by atoms with Gasteiger partial charge in [-0.15, -0.1) is 0 Å². The fourth-order valence-electron chi connectivity index (χ4n) is 1.81. The lowest BCUT2D eigenvalue weighted by molar-refractivity contribution is 0.179. The van der Waals surface area contributed by atoms with E-state index in [2.05, 4.69) is 4.72 Å². The standard InChI is InChI=1S/C13H21ClN2O5S2/c1-11-10-12(4-5-13(11)14)23(19,20)15-6-7-16(8-9-21-2)22(3,17)18/h4-5,10,15H,6-9H2,1-3H3. The smallest absolute Gasteiger partial charge is 0.240 e. The van der Waals surface area contributed by atoms with Crippen molar-refractivity contribution in [1.82, 2.24) is 9.03 Å². The Bertz CT molecular complexity index is 735. The molecule has 0 aliphatic heterocycles. The SMILES string of the molecule is COCCN(CCNS(=O)(=O)c1ccc(Cl)c(C)c1)S(C)(=O)=O. The lowest BCUT2D eigenvalue weighted by Gasteiger charge is -2.19. The first-order valence-corrected chi connectivity index (χ1v) is 10.5. The highest BCUT2D eigenvalue weighted by Gasteiger charge is 2.19. The summed E-state index contributed by atoms with van der Waals surface area (Å²) in [6, 6.07) is 4.37. The average molecular weight is 385 g/mol. The highest BCUT2D eigenvalue weighted by atomic mass is 35.5. The van der Waals surface area contributed by atoms with Crippen molar-refractivity contribution in [1.29, 1.82) is 0 Å². The zero-order valence-electron chi connectivity index (χ0n) is 13.2. The summed E-state index contributed by atoms with van der Waals surface area (Å²) in [5, 5.41) is 0.478. The maximum atomic E-state index is 12.2. The van der Waals surface area contributed by atoms with Crippen LogP contribution in [0.2, 0.25) is 5.02 Å². The van der Waals surface area contributed by atoms with Crippen LogP contribution >= 0.6 is 11.6 Å². The van der Waals surface area contributed by atoms with Crippen LogP contribution in [0.15, 0.2) is 23.1 Å². The molecule has 0 spiro atoms. The van der Waals surface area contributed by atoms with Crippen molar-refractivity contribution in [2.45, 2.75) is 11.8 Å². The monoisotopic (exact) mass is 384 g/mol. The van der Waals surface area contributed by atoms with Crippen LogP contribution in [0, 0.1) is 6.92 Å². The second kappa shape index (κ2) is 8.41. The summed E-state index contributed by atoms with van der Waals surface area (Å²) in [5.74, 6) is 0. The molecular formula is C13H21ClN2O5S2. The van der Waals surface area contributed by atoms with Crippen LogP contribution in [0.3, 0.4) is 0 Å². The Kier molecular flexibility index (Phi) is 7.43. The molecule has 10 heteroatoms. The Hall–Kier alpha value is -0.710. The van der Waals surface area contributed by atoms with Gasteiger partial charge in [0.15, 0.2) is 0 Å². The fourth-order valence-corrected chi connectivity index (χ4v) is 3.86. The lowest BCUT2D eigenvalue weighted by atomic mass is 10.2. The van der Waals surface area contributed by atoms with Gasteiger partial charge in [-0.25, -0.2) is 21.6 Å². The van der Waals surface area contributed by atoms with Crippen LogP contribution in [-0.2, 0) is 24.8 Å². The van der Waals surface area contributed by atoms with E-state index in [1.165, 1.54) is 25.3 Å². The first kappa shape index (κ1) is 20.3. The molecule has 0 heterocycles. The molecule has 0 bridgehead atoms. The van der Waals surface area contributed by atoms with E-state index >= 15 is 0 Å². The van der Waals surface area contributed by atoms with Crippen LogP contribution in [0.5, 0.6) is 0 Å². The number of ether oxygens (including phenoxy) is 1. The molecule has 23 heavy (non-hydrogen) atoms. The largest absolute Gasteiger partial charge is 0.383 e. The summed E-state index contributed by atoms with van der Waals surface area (Å²) >= 11 is 5.87. The molecule has 0 aliphatic rings. The molecule has 1 aromatic carbocycles. The second-order valence-electron chi connectivity index (χ2n) is 4.96. The number of methoxy groups -OCH3 is 1. The van der Waals surface area contributed by atoms with Gasteiger partial charge in [0.1, 0.15) is 0 Å². The maximum Gasteiger partial charge on any atom is 0.240 e. The van der Waals surface area contributed by atoms with E-state index in [4.69, 9.17) is 16.3 Å². The molecule has 0 unspecified atom stereocenters. The minimum Gasteiger partial charge on any atom is -0.383 e. The van der Waals surface area contributed by atoms with Crippen molar-refractivity contribution in [2.24, 2.45) is 0 Å². The third-order valence-corrected chi connectivity index (χ3v) is 6.29. The molecule has 0 amide bonds. The molecule has 0 saturated carbocycles. The first-order valence-electron chi connectivity index (χ1n) is 6.78. The average Bonchev–Trinajstić information content (AvgIpc) is 2.44. The van der Waals surface area contributed by atoms with Crippen LogP contribution in [0.25, 0.3) is 0 Å². The van der Waals surface area contributed by atoms with Gasteiger partial charge in [-0.2, -0.15) is 4.31 Å². The predicted molar refractivity (Wildman–Crippen MR) is 89.7 cm³/mol. The predicted octanol–water partition coefficient (Wildman–Crippen LogP) is 0.835. The van der Waals surface area contributed by atoms with Gasteiger partial charge in [0.2, 0.25) is 20.0 Å². The number of rotatable bonds is 9. The number of hydrogen-bond donors (Lipinski definition) is 1. The van der Waals surface area contributed by atoms with Gasteiger partial charge >= 0.3 is 0 Å². The number of hydrogen-bond acceptors (Lipinski definition) is 5. The Labute approximate surface area is 142 Å². The Balaban J connectivity index is 2.73. The van der Waals surface area contributed by atoms with Crippen LogP contribution in [0.1, 0.15) is 5.56 Å². The van der Waals surface area contributed by atoms with Crippen molar-refractivity contribution in [3.8, 4) is 0 Å². The maximum absolute atomic E-state index is 12.2. The number of aryl methyl sites for hydroxylation is 1. The Morgan fingerprint density at radius 3 is 2.39 bits per heavy atom. The van der Waals surface area contributed by atoms with Crippen molar-refractivity contribution < 1.29 is 21.6 Å². The Morgan fingerprint density at radius 1 is 1.22 bits per heavy atom. The van der Waals surface area contributed by atoms with Gasteiger partial charge in [-0.05, 0) is 30.7 Å². The normalized spacial score (nSPS) is 12.7. The quantitative estimate of drug-likeness (QED) is 0.680. The number of benzene rings is 1. The number of sulfonamides is 2. The van der Waals surface area contributed by atoms with Crippen molar-refractivity contribution in [3.63, 3.8) is 0 Å². The number of nitrogens with one attached hydrogen (secondary N) is 1. The van der Waals surface area contributed by atoms with E-state index < -0.39 is 20.0 Å². The van der Waals surface area contributed by atoms with Crippen molar-refractivity contribution in [3.05, 3.63) is 28.8 Å². The molecule has 0 fully saturated rings. The van der Waals surface area contributed by atoms with Crippen LogP contribution in [-0.4, -0.2) is 60.7 Å². The van der Waals surface area contributed by atoms with E-state index in [-0.39, 0.29) is 31.1 Å². The van der Waals surface area contributed by atoms with Gasteiger partial charge in [0.05, 0.1) is 17.8 Å². The Morgan fingerprint density at radius 2 is 1.87 bits per heavy atom. The first-order chi connectivity index (χ1) is 10.6. The van der Waals surface area contributed by atoms with Gasteiger partial charge in [0, 0.05) is 31.8 Å². The van der Waals surface area contributed by atoms with Crippen LogP contribution < -0.4 is 4.72 Å².